The van der Waals surface area contributed by atoms with Crippen molar-refractivity contribution in [2.75, 3.05) is 47.5 Å². The Bertz CT molecular complexity index is 2200. The van der Waals surface area contributed by atoms with Crippen molar-refractivity contribution in [2.24, 2.45) is 0 Å². The third-order valence-corrected chi connectivity index (χ3v) is 19.4. The lowest BCUT2D eigenvalue weighted by Crippen LogP contribution is -2.40. The molecular weight excluding hydrogens is 1300 g/mol. The number of quaternary nitrogens is 1. The number of hydrogen-bond acceptors (Lipinski definition) is 7. The first-order chi connectivity index (χ1) is 51.6. The van der Waals surface area contributed by atoms with E-state index in [1.165, 1.54) is 263 Å². The molecule has 0 heterocycles. The SMILES string of the molecule is CC/C=C\C/C=C\C/C=C\C/C=C\C/C=C\C/C=C\C/C=C\CCCCCCCCCCCCCCCCCCCCCC(=O)OC(COC(=O)CCCCCCCCCCCCCCCCCCCCCCCCCCCC/C=C\C/C=C\C/C=C\C/C=C\CC)COC(OCC[N+](C)(C)C)C(=O)O. The van der Waals surface area contributed by atoms with Gasteiger partial charge in [-0.05, 0) is 109 Å². The van der Waals surface area contributed by atoms with E-state index in [1.54, 1.807) is 0 Å². The van der Waals surface area contributed by atoms with Gasteiger partial charge in [-0.3, -0.25) is 9.59 Å². The molecule has 1 N–H and O–H groups in total. The second-order valence-electron chi connectivity index (χ2n) is 30.8. The summed E-state index contributed by atoms with van der Waals surface area (Å²) in [4.78, 5) is 37.8. The molecule has 0 saturated carbocycles. The highest BCUT2D eigenvalue weighted by Gasteiger charge is 2.25. The van der Waals surface area contributed by atoms with E-state index in [-0.39, 0.29) is 38.2 Å². The van der Waals surface area contributed by atoms with Crippen LogP contribution in [0.2, 0.25) is 0 Å². The predicted octanol–water partition coefficient (Wildman–Crippen LogP) is 29.2. The fourth-order valence-electron chi connectivity index (χ4n) is 12.8. The summed E-state index contributed by atoms with van der Waals surface area (Å²) in [7, 11) is 6.00. The minimum atomic E-state index is -1.51. The van der Waals surface area contributed by atoms with Crippen molar-refractivity contribution in [3.05, 3.63) is 134 Å². The first-order valence-corrected chi connectivity index (χ1v) is 44.3. The van der Waals surface area contributed by atoms with Crippen LogP contribution >= 0.6 is 0 Å². The zero-order valence-electron chi connectivity index (χ0n) is 69.4. The van der Waals surface area contributed by atoms with E-state index in [1.807, 2.05) is 21.1 Å². The van der Waals surface area contributed by atoms with Crippen LogP contribution in [0.4, 0.5) is 0 Å². The Labute approximate surface area is 650 Å². The van der Waals surface area contributed by atoms with Crippen molar-refractivity contribution in [1.82, 2.24) is 0 Å². The number of allylic oxidation sites excluding steroid dienone is 22. The number of rotatable bonds is 82. The minimum Gasteiger partial charge on any atom is -0.477 e. The number of carboxylic acids is 1. The van der Waals surface area contributed by atoms with E-state index in [0.29, 0.717) is 17.4 Å². The lowest BCUT2D eigenvalue weighted by molar-refractivity contribution is -0.870. The lowest BCUT2D eigenvalue weighted by atomic mass is 10.0. The maximum absolute atomic E-state index is 13.0. The molecule has 105 heavy (non-hydrogen) atoms. The molecule has 0 aliphatic rings. The highest BCUT2D eigenvalue weighted by Crippen LogP contribution is 2.20. The molecule has 0 aromatic rings. The van der Waals surface area contributed by atoms with Gasteiger partial charge in [0.25, 0.3) is 6.29 Å². The van der Waals surface area contributed by atoms with Crippen molar-refractivity contribution in [2.45, 2.75) is 411 Å². The lowest BCUT2D eigenvalue weighted by Gasteiger charge is -2.25. The summed E-state index contributed by atoms with van der Waals surface area (Å²) in [5.41, 5.74) is 0. The molecule has 0 aliphatic carbocycles. The van der Waals surface area contributed by atoms with E-state index >= 15 is 0 Å². The maximum atomic E-state index is 13.0. The molecule has 0 aliphatic heterocycles. The van der Waals surface area contributed by atoms with Gasteiger partial charge < -0.3 is 28.5 Å². The average molecular weight is 1460 g/mol. The van der Waals surface area contributed by atoms with Gasteiger partial charge >= 0.3 is 17.9 Å². The number of hydrogen-bond donors (Lipinski definition) is 1. The average Bonchev–Trinajstić information content (AvgIpc) is 1.18. The smallest absolute Gasteiger partial charge is 0.361 e. The number of aliphatic carboxylic acids is 1. The highest BCUT2D eigenvalue weighted by molar-refractivity contribution is 5.71. The molecule has 0 radical (unpaired) electrons. The van der Waals surface area contributed by atoms with Crippen LogP contribution in [-0.4, -0.2) is 87.4 Å². The number of esters is 2. The van der Waals surface area contributed by atoms with Gasteiger partial charge in [0.15, 0.2) is 6.10 Å². The molecule has 0 aromatic carbocycles. The fraction of sp³-hybridized carbons (Fsp3) is 0.740. The molecule has 9 heteroatoms. The van der Waals surface area contributed by atoms with Gasteiger partial charge in [-0.15, -0.1) is 0 Å². The van der Waals surface area contributed by atoms with E-state index in [9.17, 15) is 19.5 Å². The number of carbonyl (C=O) groups is 3. The Morgan fingerprint density at radius 1 is 0.286 bits per heavy atom. The highest BCUT2D eigenvalue weighted by atomic mass is 16.7. The largest absolute Gasteiger partial charge is 0.477 e. The predicted molar refractivity (Wildman–Crippen MR) is 456 cm³/mol. The van der Waals surface area contributed by atoms with Gasteiger partial charge in [0.1, 0.15) is 13.2 Å². The van der Waals surface area contributed by atoms with Gasteiger partial charge in [0.2, 0.25) is 0 Å². The van der Waals surface area contributed by atoms with Crippen LogP contribution in [0.1, 0.15) is 399 Å². The van der Waals surface area contributed by atoms with Crippen LogP contribution < -0.4 is 0 Å². The normalized spacial score (nSPS) is 13.3. The van der Waals surface area contributed by atoms with E-state index < -0.39 is 18.4 Å². The number of carbonyl (C=O) groups excluding carboxylic acids is 2. The van der Waals surface area contributed by atoms with Crippen LogP contribution in [0.25, 0.3) is 0 Å². The maximum Gasteiger partial charge on any atom is 0.361 e. The van der Waals surface area contributed by atoms with Crippen molar-refractivity contribution < 1.29 is 42.9 Å². The number of likely N-dealkylation sites (N-methyl/N-ethyl adjacent to an activating group) is 1. The van der Waals surface area contributed by atoms with Crippen LogP contribution in [0, 0.1) is 0 Å². The van der Waals surface area contributed by atoms with E-state index in [4.69, 9.17) is 18.9 Å². The van der Waals surface area contributed by atoms with Crippen LogP contribution in [0.3, 0.4) is 0 Å². The Morgan fingerprint density at radius 2 is 0.514 bits per heavy atom. The summed E-state index contributed by atoms with van der Waals surface area (Å²) in [5.74, 6) is -1.98. The molecular formula is C96H168NO8+. The summed E-state index contributed by atoms with van der Waals surface area (Å²) in [5, 5.41) is 9.80. The van der Waals surface area contributed by atoms with E-state index in [0.717, 1.165) is 109 Å². The molecule has 0 fully saturated rings. The molecule has 604 valence electrons. The van der Waals surface area contributed by atoms with Gasteiger partial charge in [-0.25, -0.2) is 4.79 Å². The van der Waals surface area contributed by atoms with Crippen molar-refractivity contribution in [1.29, 1.82) is 0 Å². The molecule has 9 nitrogen and oxygen atoms in total. The van der Waals surface area contributed by atoms with Crippen molar-refractivity contribution >= 4 is 17.9 Å². The Hall–Kier alpha value is -4.57. The third kappa shape index (κ3) is 86.5. The summed E-state index contributed by atoms with van der Waals surface area (Å²) < 4.78 is 23.1. The van der Waals surface area contributed by atoms with Gasteiger partial charge in [0, 0.05) is 12.8 Å². The van der Waals surface area contributed by atoms with Crippen molar-refractivity contribution in [3.8, 4) is 0 Å². The quantitative estimate of drug-likeness (QED) is 0.0211. The number of ether oxygens (including phenoxy) is 4. The van der Waals surface area contributed by atoms with Gasteiger partial charge in [0.05, 0.1) is 34.4 Å². The molecule has 0 spiro atoms. The standard InChI is InChI=1S/C96H167NO8/c1-6-8-10-12-14-16-18-20-22-24-26-28-30-32-34-36-38-40-42-44-46-47-49-51-53-55-57-59-61-63-65-67-69-71-73-75-77-79-81-83-85-87-94(99)105-92(91-104-96(95(100)101)102-89-88-97(3,4)5)90-103-93(98)86-84-82-80-78-76-74-72-70-68-66-64-62-60-58-56-54-52-50-48-45-43-41-39-37-35-33-31-29-27-25-23-21-19-17-15-13-11-9-7-2/h8-11,14-17,20-23,26-29,32,34,38,40,44,46,92,96H,6-7,12-13,18-19,24-25,30-31,33,35-37,39,41-43,45,47-91H2,1-5H3/p+1/b10-8-,11-9-,16-14-,17-15-,22-20-,23-21-,28-26-,29-27-,34-32-,40-38-,46-44-. The number of carboxylic acid groups (broad SMARTS) is 1. The Kier molecular flexibility index (Phi) is 81.3. The second kappa shape index (κ2) is 85.0. The first kappa shape index (κ1) is 100. The van der Waals surface area contributed by atoms with Gasteiger partial charge in [-0.1, -0.05) is 411 Å². The summed E-state index contributed by atoms with van der Waals surface area (Å²) in [6, 6.07) is 0. The number of unbranched alkanes of at least 4 members (excludes halogenated alkanes) is 45. The van der Waals surface area contributed by atoms with E-state index in [2.05, 4.69) is 148 Å². The molecule has 0 aromatic heterocycles. The minimum absolute atomic E-state index is 0.180. The molecule has 0 bridgehead atoms. The second-order valence-corrected chi connectivity index (χ2v) is 30.8. The molecule has 0 rings (SSSR count). The Balaban J connectivity index is 3.94. The monoisotopic (exact) mass is 1460 g/mol. The molecule has 0 amide bonds. The molecule has 2 unspecified atom stereocenters. The van der Waals surface area contributed by atoms with Crippen LogP contribution in [0.15, 0.2) is 134 Å². The van der Waals surface area contributed by atoms with Crippen molar-refractivity contribution in [3.63, 3.8) is 0 Å². The Morgan fingerprint density at radius 3 is 0.762 bits per heavy atom. The third-order valence-electron chi connectivity index (χ3n) is 19.4. The topological polar surface area (TPSA) is 108 Å². The molecule has 0 saturated heterocycles. The molecule has 2 atom stereocenters. The summed E-state index contributed by atoms with van der Waals surface area (Å²) in [6.07, 6.45) is 121. The van der Waals surface area contributed by atoms with Crippen LogP contribution in [-0.2, 0) is 33.3 Å². The van der Waals surface area contributed by atoms with Crippen LogP contribution in [0.5, 0.6) is 0 Å². The van der Waals surface area contributed by atoms with Gasteiger partial charge in [-0.2, -0.15) is 0 Å². The first-order valence-electron chi connectivity index (χ1n) is 44.3. The zero-order valence-corrected chi connectivity index (χ0v) is 69.4. The summed E-state index contributed by atoms with van der Waals surface area (Å²) >= 11 is 0. The zero-order chi connectivity index (χ0) is 76.0. The summed E-state index contributed by atoms with van der Waals surface area (Å²) in [6.45, 7) is 4.70. The fourth-order valence-corrected chi connectivity index (χ4v) is 12.8. The number of nitrogens with zero attached hydrogens (tertiary/aromatic N) is 1.